The Labute approximate surface area is 180 Å². The van der Waals surface area contributed by atoms with Crippen LogP contribution in [0.2, 0.25) is 0 Å². The molecule has 0 aromatic heterocycles. The number of carbonyl (C=O) groups is 1. The van der Waals surface area contributed by atoms with Crippen molar-refractivity contribution in [3.05, 3.63) is 59.7 Å². The van der Waals surface area contributed by atoms with Crippen molar-refractivity contribution in [2.75, 3.05) is 20.3 Å². The third-order valence-electron chi connectivity index (χ3n) is 6.13. The average Bonchev–Trinajstić information content (AvgIpc) is 3.33. The first-order valence-corrected chi connectivity index (χ1v) is 11.2. The lowest BCUT2D eigenvalue weighted by Gasteiger charge is -2.30. The minimum atomic E-state index is -0.222. The molecule has 29 heavy (non-hydrogen) atoms. The van der Waals surface area contributed by atoms with Gasteiger partial charge in [0.05, 0.1) is 20.3 Å². The summed E-state index contributed by atoms with van der Waals surface area (Å²) in [5.74, 6) is 0.774. The van der Waals surface area contributed by atoms with Crippen molar-refractivity contribution in [3.63, 3.8) is 0 Å². The van der Waals surface area contributed by atoms with E-state index in [-0.39, 0.29) is 17.1 Å². The number of halogens is 1. The number of alkyl halides is 1. The van der Waals surface area contributed by atoms with Gasteiger partial charge in [-0.15, -0.1) is 0 Å². The van der Waals surface area contributed by atoms with Crippen LogP contribution in [0.25, 0.3) is 11.1 Å². The Morgan fingerprint density at radius 3 is 1.93 bits per heavy atom. The topological polar surface area (TPSA) is 44.8 Å². The van der Waals surface area contributed by atoms with Crippen LogP contribution in [-0.2, 0) is 19.0 Å². The van der Waals surface area contributed by atoms with Gasteiger partial charge in [-0.1, -0.05) is 64.5 Å². The van der Waals surface area contributed by atoms with E-state index in [1.54, 1.807) is 0 Å². The van der Waals surface area contributed by atoms with E-state index >= 15 is 0 Å². The zero-order valence-electron chi connectivity index (χ0n) is 16.7. The van der Waals surface area contributed by atoms with Crippen LogP contribution >= 0.6 is 15.9 Å². The van der Waals surface area contributed by atoms with E-state index in [1.165, 1.54) is 23.8 Å². The van der Waals surface area contributed by atoms with Crippen molar-refractivity contribution in [2.24, 2.45) is 5.92 Å². The Hall–Kier alpha value is -1.69. The molecule has 2 aromatic carbocycles. The molecule has 2 aliphatic rings. The zero-order chi connectivity index (χ0) is 20.2. The van der Waals surface area contributed by atoms with E-state index in [9.17, 15) is 4.79 Å². The van der Waals surface area contributed by atoms with Crippen LogP contribution in [0.5, 0.6) is 0 Å². The summed E-state index contributed by atoms with van der Waals surface area (Å²) in [5, 5.41) is 0. The first kappa shape index (κ1) is 20.6. The number of hydrogen-bond acceptors (Lipinski definition) is 4. The molecule has 4 nitrogen and oxygen atoms in total. The fraction of sp³-hybridized carbons (Fsp3) is 0.458. The molecule has 0 N–H and O–H groups in total. The SMILES string of the molecule is COC(=O)C(Br)C1CCC(c2ccc(-c3ccc(C4OCCO4)cc3)cc2)CC1. The van der Waals surface area contributed by atoms with E-state index in [4.69, 9.17) is 14.2 Å². The molecule has 1 heterocycles. The highest BCUT2D eigenvalue weighted by Crippen LogP contribution is 2.39. The molecule has 0 radical (unpaired) electrons. The summed E-state index contributed by atoms with van der Waals surface area (Å²) in [4.78, 5) is 11.6. The summed E-state index contributed by atoms with van der Waals surface area (Å²) in [5.41, 5.74) is 4.87. The van der Waals surface area contributed by atoms with Gasteiger partial charge in [-0.25, -0.2) is 0 Å². The van der Waals surface area contributed by atoms with Gasteiger partial charge in [0.2, 0.25) is 0 Å². The summed E-state index contributed by atoms with van der Waals surface area (Å²) in [6, 6.07) is 17.3. The summed E-state index contributed by atoms with van der Waals surface area (Å²) in [7, 11) is 1.45. The molecule has 2 fully saturated rings. The average molecular weight is 459 g/mol. The number of ether oxygens (including phenoxy) is 3. The van der Waals surface area contributed by atoms with Crippen molar-refractivity contribution >= 4 is 21.9 Å². The molecule has 1 atom stereocenters. The summed E-state index contributed by atoms with van der Waals surface area (Å²) >= 11 is 3.51. The van der Waals surface area contributed by atoms with Crippen LogP contribution in [-0.4, -0.2) is 31.1 Å². The third kappa shape index (κ3) is 4.73. The molecule has 1 saturated carbocycles. The minimum absolute atomic E-state index is 0.158. The van der Waals surface area contributed by atoms with Crippen LogP contribution in [0.3, 0.4) is 0 Å². The molecule has 0 bridgehead atoms. The van der Waals surface area contributed by atoms with E-state index in [1.807, 2.05) is 0 Å². The largest absolute Gasteiger partial charge is 0.468 e. The Morgan fingerprint density at radius 1 is 0.897 bits per heavy atom. The molecule has 1 aliphatic heterocycles. The number of esters is 1. The van der Waals surface area contributed by atoms with Gasteiger partial charge in [-0.3, -0.25) is 4.79 Å². The number of methoxy groups -OCH3 is 1. The quantitative estimate of drug-likeness (QED) is 0.431. The van der Waals surface area contributed by atoms with Crippen molar-refractivity contribution < 1.29 is 19.0 Å². The fourth-order valence-electron chi connectivity index (χ4n) is 4.38. The van der Waals surface area contributed by atoms with E-state index in [0.717, 1.165) is 31.2 Å². The number of hydrogen-bond donors (Lipinski definition) is 0. The first-order valence-electron chi connectivity index (χ1n) is 10.3. The van der Waals surface area contributed by atoms with Gasteiger partial charge in [0.1, 0.15) is 4.83 Å². The maximum Gasteiger partial charge on any atom is 0.319 e. The predicted octanol–water partition coefficient (Wildman–Crippen LogP) is 5.61. The normalized spacial score (nSPS) is 23.7. The number of benzene rings is 2. The molecular formula is C24H27BrO4. The van der Waals surface area contributed by atoms with E-state index in [2.05, 4.69) is 64.5 Å². The highest BCUT2D eigenvalue weighted by atomic mass is 79.9. The van der Waals surface area contributed by atoms with Gasteiger partial charge in [-0.05, 0) is 54.2 Å². The molecule has 1 unspecified atom stereocenters. The van der Waals surface area contributed by atoms with Crippen molar-refractivity contribution in [3.8, 4) is 11.1 Å². The smallest absolute Gasteiger partial charge is 0.319 e. The van der Waals surface area contributed by atoms with Gasteiger partial charge in [-0.2, -0.15) is 0 Å². The summed E-state index contributed by atoms with van der Waals surface area (Å²) in [6.45, 7) is 1.32. The zero-order valence-corrected chi connectivity index (χ0v) is 18.3. The van der Waals surface area contributed by atoms with Crippen LogP contribution in [0.15, 0.2) is 48.5 Å². The monoisotopic (exact) mass is 458 g/mol. The molecule has 2 aromatic rings. The van der Waals surface area contributed by atoms with Crippen molar-refractivity contribution in [1.29, 1.82) is 0 Å². The lowest BCUT2D eigenvalue weighted by molar-refractivity contribution is -0.141. The third-order valence-corrected chi connectivity index (χ3v) is 7.25. The second-order valence-corrected chi connectivity index (χ2v) is 8.84. The van der Waals surface area contributed by atoms with Crippen LogP contribution in [0.4, 0.5) is 0 Å². The molecule has 4 rings (SSSR count). The second kappa shape index (κ2) is 9.41. The second-order valence-electron chi connectivity index (χ2n) is 7.85. The van der Waals surface area contributed by atoms with E-state index < -0.39 is 0 Å². The highest BCUT2D eigenvalue weighted by molar-refractivity contribution is 9.10. The van der Waals surface area contributed by atoms with Crippen molar-refractivity contribution in [2.45, 2.75) is 42.7 Å². The maximum absolute atomic E-state index is 11.7. The summed E-state index contributed by atoms with van der Waals surface area (Å²) < 4.78 is 16.0. The Bertz CT molecular complexity index is 804. The maximum atomic E-state index is 11.7. The molecule has 1 saturated heterocycles. The molecule has 0 amide bonds. The molecule has 5 heteroatoms. The minimum Gasteiger partial charge on any atom is -0.468 e. The first-order chi connectivity index (χ1) is 14.2. The predicted molar refractivity (Wildman–Crippen MR) is 116 cm³/mol. The van der Waals surface area contributed by atoms with Gasteiger partial charge in [0.15, 0.2) is 6.29 Å². The lowest BCUT2D eigenvalue weighted by Crippen LogP contribution is -2.28. The van der Waals surface area contributed by atoms with Gasteiger partial charge >= 0.3 is 5.97 Å². The number of rotatable bonds is 5. The van der Waals surface area contributed by atoms with Gasteiger partial charge in [0.25, 0.3) is 0 Å². The van der Waals surface area contributed by atoms with Crippen molar-refractivity contribution in [1.82, 2.24) is 0 Å². The standard InChI is InChI=1S/C24H27BrO4/c1-27-23(26)22(25)20-10-6-18(7-11-20)16-2-4-17(5-3-16)19-8-12-21(13-9-19)24-28-14-15-29-24/h2-5,8-9,12-13,18,20,22,24H,6-7,10-11,14-15H2,1H3. The molecule has 1 aliphatic carbocycles. The molecule has 0 spiro atoms. The lowest BCUT2D eigenvalue weighted by atomic mass is 9.77. The fourth-order valence-corrected chi connectivity index (χ4v) is 5.10. The van der Waals surface area contributed by atoms with Gasteiger partial charge < -0.3 is 14.2 Å². The van der Waals surface area contributed by atoms with Crippen LogP contribution < -0.4 is 0 Å². The van der Waals surface area contributed by atoms with Gasteiger partial charge in [0, 0.05) is 5.56 Å². The molecular weight excluding hydrogens is 432 g/mol. The number of carbonyl (C=O) groups excluding carboxylic acids is 1. The Balaban J connectivity index is 1.36. The Kier molecular flexibility index (Phi) is 6.68. The summed E-state index contributed by atoms with van der Waals surface area (Å²) in [6.07, 6.45) is 4.09. The van der Waals surface area contributed by atoms with Crippen LogP contribution in [0.1, 0.15) is 49.0 Å². The molecule has 154 valence electrons. The van der Waals surface area contributed by atoms with E-state index in [0.29, 0.717) is 25.0 Å². The Morgan fingerprint density at radius 2 is 1.41 bits per heavy atom. The highest BCUT2D eigenvalue weighted by Gasteiger charge is 2.31. The van der Waals surface area contributed by atoms with Crippen LogP contribution in [0, 0.1) is 5.92 Å².